The third-order valence-corrected chi connectivity index (χ3v) is 4.79. The molecule has 1 aromatic rings. The lowest BCUT2D eigenvalue weighted by Crippen LogP contribution is -3.00. The minimum atomic E-state index is -0.437. The van der Waals surface area contributed by atoms with Crippen LogP contribution in [0.15, 0.2) is 24.3 Å². The summed E-state index contributed by atoms with van der Waals surface area (Å²) in [4.78, 5) is 2.42. The lowest BCUT2D eigenvalue weighted by molar-refractivity contribution is -0.00000673. The molecular formula is C19H31ClNO2-. The van der Waals surface area contributed by atoms with Crippen molar-refractivity contribution in [2.75, 3.05) is 13.2 Å². The molecule has 1 aromatic carbocycles. The second-order valence-electron chi connectivity index (χ2n) is 7.01. The molecule has 0 bridgehead atoms. The highest BCUT2D eigenvalue weighted by molar-refractivity contribution is 5.28. The van der Waals surface area contributed by atoms with Crippen LogP contribution in [-0.4, -0.2) is 41.3 Å². The molecular weight excluding hydrogens is 310 g/mol. The first-order valence-electron chi connectivity index (χ1n) is 8.64. The number of hydrogen-bond acceptors (Lipinski definition) is 3. The van der Waals surface area contributed by atoms with Gasteiger partial charge in [-0.2, -0.15) is 0 Å². The topological polar surface area (TPSA) is 32.7 Å². The summed E-state index contributed by atoms with van der Waals surface area (Å²) in [5, 5.41) is 10.3. The molecule has 1 heterocycles. The van der Waals surface area contributed by atoms with Gasteiger partial charge in [-0.25, -0.2) is 0 Å². The fourth-order valence-electron chi connectivity index (χ4n) is 3.27. The van der Waals surface area contributed by atoms with Crippen LogP contribution in [0.1, 0.15) is 58.4 Å². The highest BCUT2D eigenvalue weighted by Crippen LogP contribution is 2.23. The van der Waals surface area contributed by atoms with Crippen molar-refractivity contribution in [3.8, 4) is 5.75 Å². The van der Waals surface area contributed by atoms with E-state index < -0.39 is 6.10 Å². The maximum absolute atomic E-state index is 10.3. The maximum atomic E-state index is 10.3. The van der Waals surface area contributed by atoms with Crippen LogP contribution in [-0.2, 0) is 0 Å². The zero-order chi connectivity index (χ0) is 16.1. The smallest absolute Gasteiger partial charge is 0.119 e. The zero-order valence-corrected chi connectivity index (χ0v) is 15.6. The summed E-state index contributed by atoms with van der Waals surface area (Å²) in [5.41, 5.74) is 1.31. The summed E-state index contributed by atoms with van der Waals surface area (Å²) in [6.45, 7) is 9.94. The Hall–Kier alpha value is -0.770. The normalized spacial score (nSPS) is 23.4. The Morgan fingerprint density at radius 2 is 1.70 bits per heavy atom. The summed E-state index contributed by atoms with van der Waals surface area (Å²) in [6.07, 6.45) is 3.32. The van der Waals surface area contributed by atoms with E-state index in [-0.39, 0.29) is 12.4 Å². The standard InChI is InChI=1S/C19H31NO2.ClH/c1-14(2)17-8-10-19(11-9-17)22-13-18(21)12-20-15(3)6-5-7-16(20)4;/h8-11,14-16,18,21H,5-7,12-13H2,1-4H3;1H/p-1. The molecule has 3 unspecified atom stereocenters. The fraction of sp³-hybridized carbons (Fsp3) is 0.684. The van der Waals surface area contributed by atoms with Gasteiger partial charge in [0, 0.05) is 18.6 Å². The Bertz CT molecular complexity index is 439. The number of ether oxygens (including phenoxy) is 1. The first-order valence-corrected chi connectivity index (χ1v) is 8.64. The van der Waals surface area contributed by atoms with Gasteiger partial charge in [-0.05, 0) is 50.3 Å². The number of halogens is 1. The Morgan fingerprint density at radius 3 is 2.22 bits per heavy atom. The summed E-state index contributed by atoms with van der Waals surface area (Å²) in [6, 6.07) is 9.30. The summed E-state index contributed by atoms with van der Waals surface area (Å²) in [5.74, 6) is 1.37. The molecule has 1 aliphatic rings. The maximum Gasteiger partial charge on any atom is 0.119 e. The van der Waals surface area contributed by atoms with E-state index in [1.165, 1.54) is 24.8 Å². The highest BCUT2D eigenvalue weighted by Gasteiger charge is 2.26. The van der Waals surface area contributed by atoms with E-state index >= 15 is 0 Å². The Labute approximate surface area is 147 Å². The molecule has 3 atom stereocenters. The van der Waals surface area contributed by atoms with Crippen molar-refractivity contribution in [2.24, 2.45) is 0 Å². The third kappa shape index (κ3) is 5.98. The molecule has 1 fully saturated rings. The quantitative estimate of drug-likeness (QED) is 0.832. The highest BCUT2D eigenvalue weighted by atomic mass is 35.5. The SMILES string of the molecule is CC(C)c1ccc(OCC(O)CN2C(C)CCCC2C)cc1.[Cl-]. The van der Waals surface area contributed by atoms with Crippen LogP contribution < -0.4 is 17.1 Å². The van der Waals surface area contributed by atoms with Gasteiger partial charge in [0.25, 0.3) is 0 Å². The van der Waals surface area contributed by atoms with Gasteiger partial charge in [0.15, 0.2) is 0 Å². The van der Waals surface area contributed by atoms with Gasteiger partial charge in [0.05, 0.1) is 0 Å². The number of piperidine rings is 1. The van der Waals surface area contributed by atoms with Crippen LogP contribution in [0.2, 0.25) is 0 Å². The molecule has 0 aliphatic carbocycles. The Balaban J connectivity index is 0.00000264. The molecule has 0 saturated carbocycles. The monoisotopic (exact) mass is 340 g/mol. The first kappa shape index (κ1) is 20.3. The van der Waals surface area contributed by atoms with E-state index in [0.717, 1.165) is 5.75 Å². The molecule has 3 nitrogen and oxygen atoms in total. The predicted octanol–water partition coefficient (Wildman–Crippen LogP) is 0.817. The molecule has 1 N–H and O–H groups in total. The molecule has 0 aromatic heterocycles. The molecule has 0 radical (unpaired) electrons. The number of likely N-dealkylation sites (tertiary alicyclic amines) is 1. The molecule has 2 rings (SSSR count). The van der Waals surface area contributed by atoms with Gasteiger partial charge >= 0.3 is 0 Å². The molecule has 1 saturated heterocycles. The Kier molecular flexibility index (Phi) is 8.38. The lowest BCUT2D eigenvalue weighted by Gasteiger charge is -2.40. The van der Waals surface area contributed by atoms with E-state index in [1.807, 2.05) is 12.1 Å². The molecule has 1 aliphatic heterocycles. The first-order chi connectivity index (χ1) is 10.5. The van der Waals surface area contributed by atoms with Crippen molar-refractivity contribution in [2.45, 2.75) is 71.1 Å². The summed E-state index contributed by atoms with van der Waals surface area (Å²) >= 11 is 0. The average Bonchev–Trinajstić information content (AvgIpc) is 2.49. The zero-order valence-electron chi connectivity index (χ0n) is 14.8. The van der Waals surface area contributed by atoms with Crippen molar-refractivity contribution in [1.82, 2.24) is 4.90 Å². The molecule has 0 amide bonds. The van der Waals surface area contributed by atoms with Gasteiger partial charge in [-0.3, -0.25) is 4.90 Å². The van der Waals surface area contributed by atoms with Crippen molar-refractivity contribution in [1.29, 1.82) is 0 Å². The fourth-order valence-corrected chi connectivity index (χ4v) is 3.27. The van der Waals surface area contributed by atoms with Crippen LogP contribution in [0, 0.1) is 0 Å². The van der Waals surface area contributed by atoms with E-state index in [0.29, 0.717) is 31.2 Å². The van der Waals surface area contributed by atoms with Crippen molar-refractivity contribution < 1.29 is 22.3 Å². The minimum Gasteiger partial charge on any atom is -1.00 e. The van der Waals surface area contributed by atoms with Gasteiger partial charge in [0.1, 0.15) is 18.5 Å². The molecule has 0 spiro atoms. The number of aliphatic hydroxyl groups excluding tert-OH is 1. The van der Waals surface area contributed by atoms with E-state index in [4.69, 9.17) is 4.74 Å². The average molecular weight is 341 g/mol. The molecule has 4 heteroatoms. The molecule has 23 heavy (non-hydrogen) atoms. The number of benzene rings is 1. The van der Waals surface area contributed by atoms with E-state index in [2.05, 4.69) is 44.7 Å². The number of nitrogens with zero attached hydrogens (tertiary/aromatic N) is 1. The van der Waals surface area contributed by atoms with Gasteiger partial charge in [0.2, 0.25) is 0 Å². The van der Waals surface area contributed by atoms with Crippen LogP contribution in [0.25, 0.3) is 0 Å². The number of β-amino-alcohol motifs (C(OH)–C–C–N with tert-alkyl or cyclic N) is 1. The van der Waals surface area contributed by atoms with Gasteiger partial charge in [-0.15, -0.1) is 0 Å². The Morgan fingerprint density at radius 1 is 1.13 bits per heavy atom. The van der Waals surface area contributed by atoms with Crippen LogP contribution in [0.5, 0.6) is 5.75 Å². The second kappa shape index (κ2) is 9.51. The molecule has 132 valence electrons. The van der Waals surface area contributed by atoms with Crippen molar-refractivity contribution in [3.05, 3.63) is 29.8 Å². The third-order valence-electron chi connectivity index (χ3n) is 4.79. The largest absolute Gasteiger partial charge is 1.00 e. The number of rotatable bonds is 6. The van der Waals surface area contributed by atoms with E-state index in [9.17, 15) is 5.11 Å². The minimum absolute atomic E-state index is 0. The van der Waals surface area contributed by atoms with E-state index in [1.54, 1.807) is 0 Å². The van der Waals surface area contributed by atoms with Crippen LogP contribution in [0.4, 0.5) is 0 Å². The van der Waals surface area contributed by atoms with Crippen molar-refractivity contribution in [3.63, 3.8) is 0 Å². The predicted molar refractivity (Wildman–Crippen MR) is 91.5 cm³/mol. The van der Waals surface area contributed by atoms with Crippen molar-refractivity contribution >= 4 is 0 Å². The van der Waals surface area contributed by atoms with Gasteiger partial charge in [-0.1, -0.05) is 32.4 Å². The van der Waals surface area contributed by atoms with Crippen LogP contribution >= 0.6 is 0 Å². The van der Waals surface area contributed by atoms with Crippen LogP contribution in [0.3, 0.4) is 0 Å². The second-order valence-corrected chi connectivity index (χ2v) is 7.01. The lowest BCUT2D eigenvalue weighted by atomic mass is 9.97. The van der Waals surface area contributed by atoms with Gasteiger partial charge < -0.3 is 22.3 Å². The number of hydrogen-bond donors (Lipinski definition) is 1. The summed E-state index contributed by atoms with van der Waals surface area (Å²) in [7, 11) is 0. The number of aliphatic hydroxyl groups is 1. The summed E-state index contributed by atoms with van der Waals surface area (Å²) < 4.78 is 5.74.